The second-order valence-electron chi connectivity index (χ2n) is 10.3. The lowest BCUT2D eigenvalue weighted by Gasteiger charge is -2.45. The molecule has 0 aromatic carbocycles. The zero-order chi connectivity index (χ0) is 34.7. The van der Waals surface area contributed by atoms with Gasteiger partial charge in [0.05, 0.1) is 19.8 Å². The summed E-state index contributed by atoms with van der Waals surface area (Å²) in [6.45, 7) is 16.6. The van der Waals surface area contributed by atoms with Crippen LogP contribution in [0.5, 0.6) is 0 Å². The van der Waals surface area contributed by atoms with E-state index < -0.39 is 36.0 Å². The molecule has 0 aromatic rings. The van der Waals surface area contributed by atoms with Crippen LogP contribution >= 0.6 is 0 Å². The Morgan fingerprint density at radius 1 is 0.543 bits per heavy atom. The maximum absolute atomic E-state index is 13.1. The molecule has 0 aromatic heterocycles. The zero-order valence-electron chi connectivity index (χ0n) is 29.9. The van der Waals surface area contributed by atoms with Gasteiger partial charge in [0, 0.05) is 58.9 Å². The van der Waals surface area contributed by atoms with Crippen molar-refractivity contribution >= 4 is 11.9 Å². The molecule has 0 fully saturated rings. The molecule has 0 amide bonds. The van der Waals surface area contributed by atoms with E-state index in [-0.39, 0.29) is 58.7 Å². The van der Waals surface area contributed by atoms with Crippen molar-refractivity contribution in [1.82, 2.24) is 0 Å². The van der Waals surface area contributed by atoms with E-state index in [1.807, 2.05) is 20.8 Å². The fourth-order valence-corrected chi connectivity index (χ4v) is 4.69. The van der Waals surface area contributed by atoms with Crippen LogP contribution < -0.4 is 0 Å². The summed E-state index contributed by atoms with van der Waals surface area (Å²) in [5.41, 5.74) is 0. The van der Waals surface area contributed by atoms with Gasteiger partial charge in [0.2, 0.25) is 0 Å². The molecule has 0 saturated heterocycles. The Morgan fingerprint density at radius 2 is 1.02 bits per heavy atom. The molecule has 0 radical (unpaired) electrons. The van der Waals surface area contributed by atoms with Crippen molar-refractivity contribution in [2.75, 3.05) is 59.5 Å². The van der Waals surface area contributed by atoms with Crippen LogP contribution in [0.1, 0.15) is 120 Å². The summed E-state index contributed by atoms with van der Waals surface area (Å²) in [5.74, 6) is -7.68. The van der Waals surface area contributed by atoms with Crippen LogP contribution in [0.15, 0.2) is 0 Å². The van der Waals surface area contributed by atoms with Gasteiger partial charge in [-0.1, -0.05) is 39.5 Å². The molecular formula is C33H64O13. The first kappa shape index (κ1) is 44.6. The summed E-state index contributed by atoms with van der Waals surface area (Å²) in [6, 6.07) is 0. The molecule has 0 aliphatic heterocycles. The first-order valence-electron chi connectivity index (χ1n) is 17.3. The lowest BCUT2D eigenvalue weighted by Crippen LogP contribution is -2.65. The highest BCUT2D eigenvalue weighted by molar-refractivity contribution is 5.71. The van der Waals surface area contributed by atoms with Crippen molar-refractivity contribution in [3.8, 4) is 0 Å². The number of carbonyl (C=O) groups is 2. The minimum atomic E-state index is -2.27. The molecule has 2 unspecified atom stereocenters. The fourth-order valence-electron chi connectivity index (χ4n) is 4.69. The van der Waals surface area contributed by atoms with Gasteiger partial charge in [-0.3, -0.25) is 9.59 Å². The third kappa shape index (κ3) is 15.7. The molecule has 46 heavy (non-hydrogen) atoms. The molecule has 0 bridgehead atoms. The molecule has 1 N–H and O–H groups in total. The van der Waals surface area contributed by atoms with Crippen molar-refractivity contribution in [1.29, 1.82) is 0 Å². The van der Waals surface area contributed by atoms with Gasteiger partial charge in [0.1, 0.15) is 6.10 Å². The average molecular weight is 669 g/mol. The number of aliphatic carboxylic acids is 1. The molecule has 0 saturated carbocycles. The fraction of sp³-hybridized carbons (Fsp3) is 0.939. The van der Waals surface area contributed by atoms with Crippen molar-refractivity contribution in [2.45, 2.75) is 144 Å². The highest BCUT2D eigenvalue weighted by atomic mass is 17.0. The van der Waals surface area contributed by atoms with Gasteiger partial charge in [0.15, 0.2) is 0 Å². The van der Waals surface area contributed by atoms with E-state index in [1.54, 1.807) is 20.8 Å². The van der Waals surface area contributed by atoms with Crippen molar-refractivity contribution < 1.29 is 62.1 Å². The van der Waals surface area contributed by atoms with E-state index >= 15 is 0 Å². The van der Waals surface area contributed by atoms with E-state index in [9.17, 15) is 9.59 Å². The molecule has 2 atom stereocenters. The number of carboxylic acids is 1. The number of ether oxygens (including phenoxy) is 10. The number of hydrogen-bond donors (Lipinski definition) is 1. The van der Waals surface area contributed by atoms with Crippen LogP contribution in [0.4, 0.5) is 0 Å². The Bertz CT molecular complexity index is 743. The molecule has 13 nitrogen and oxygen atoms in total. The third-order valence-electron chi connectivity index (χ3n) is 6.61. The molecule has 0 aliphatic carbocycles. The SMILES string of the molecule is CCCCCOC(CCOC(OCC)(OCC)C(OCC)(OCCCCC)OC(=O)CCCC(=O)O)C(OCC)(OCC)OCC. The monoisotopic (exact) mass is 668 g/mol. The molecule has 13 heteroatoms. The van der Waals surface area contributed by atoms with Crippen LogP contribution in [0.2, 0.25) is 0 Å². The normalized spacial score (nSPS) is 14.3. The summed E-state index contributed by atoms with van der Waals surface area (Å²) < 4.78 is 61.2. The first-order chi connectivity index (χ1) is 22.2. The Morgan fingerprint density at radius 3 is 1.50 bits per heavy atom. The summed E-state index contributed by atoms with van der Waals surface area (Å²) in [7, 11) is 0. The highest BCUT2D eigenvalue weighted by Gasteiger charge is 2.63. The molecule has 0 aliphatic rings. The van der Waals surface area contributed by atoms with Crippen molar-refractivity contribution in [3.05, 3.63) is 0 Å². The van der Waals surface area contributed by atoms with E-state index in [0.29, 0.717) is 32.8 Å². The third-order valence-corrected chi connectivity index (χ3v) is 6.61. The van der Waals surface area contributed by atoms with Crippen LogP contribution in [0.3, 0.4) is 0 Å². The first-order valence-corrected chi connectivity index (χ1v) is 17.3. The predicted molar refractivity (Wildman–Crippen MR) is 171 cm³/mol. The van der Waals surface area contributed by atoms with Gasteiger partial charge in [-0.15, -0.1) is 0 Å². The topological polar surface area (TPSA) is 147 Å². The van der Waals surface area contributed by atoms with Gasteiger partial charge in [-0.2, -0.15) is 0 Å². The Labute approximate surface area is 277 Å². The zero-order valence-corrected chi connectivity index (χ0v) is 29.9. The predicted octanol–water partition coefficient (Wildman–Crippen LogP) is 6.15. The summed E-state index contributed by atoms with van der Waals surface area (Å²) in [5, 5.41) is 9.06. The number of unbranched alkanes of at least 4 members (excludes halogenated alkanes) is 4. The maximum Gasteiger partial charge on any atom is 0.416 e. The van der Waals surface area contributed by atoms with Gasteiger partial charge in [-0.25, -0.2) is 0 Å². The highest BCUT2D eigenvalue weighted by Crippen LogP contribution is 2.38. The second kappa shape index (κ2) is 26.5. The van der Waals surface area contributed by atoms with Crippen LogP contribution in [-0.2, 0) is 57.0 Å². The van der Waals surface area contributed by atoms with Crippen molar-refractivity contribution in [3.63, 3.8) is 0 Å². The Hall–Kier alpha value is -1.42. The van der Waals surface area contributed by atoms with E-state index in [0.717, 1.165) is 32.1 Å². The largest absolute Gasteiger partial charge is 0.481 e. The summed E-state index contributed by atoms with van der Waals surface area (Å²) >= 11 is 0. The summed E-state index contributed by atoms with van der Waals surface area (Å²) in [6.07, 6.45) is 4.46. The summed E-state index contributed by atoms with van der Waals surface area (Å²) in [4.78, 5) is 24.2. The molecule has 0 rings (SSSR count). The number of esters is 1. The minimum Gasteiger partial charge on any atom is -0.481 e. The van der Waals surface area contributed by atoms with Gasteiger partial charge < -0.3 is 52.5 Å². The number of carbonyl (C=O) groups excluding carboxylic acids is 1. The van der Waals surface area contributed by atoms with Crippen LogP contribution in [0, 0.1) is 0 Å². The molecule has 0 heterocycles. The number of hydrogen-bond acceptors (Lipinski definition) is 12. The van der Waals surface area contributed by atoms with Gasteiger partial charge in [-0.05, 0) is 60.8 Å². The standard InChI is InChI=1S/C33H64O13/c1-9-17-19-25-37-28(31(38-11-3,39-12-4)40-13-5)24-27-45-32(41-14-6,42-15-7)33(43-16-8,44-26-20-18-10-2)46-30(36)23-21-22-29(34)35/h28H,9-27H2,1-8H3,(H,34,35). The van der Waals surface area contributed by atoms with Gasteiger partial charge >= 0.3 is 29.9 Å². The lowest BCUT2D eigenvalue weighted by atomic mass is 10.2. The molecular weight excluding hydrogens is 604 g/mol. The second-order valence-corrected chi connectivity index (χ2v) is 10.3. The quantitative estimate of drug-likeness (QED) is 0.0485. The average Bonchev–Trinajstić information content (AvgIpc) is 3.00. The Kier molecular flexibility index (Phi) is 25.7. The number of rotatable bonds is 33. The molecule has 0 spiro atoms. The minimum absolute atomic E-state index is 0.0484. The van der Waals surface area contributed by atoms with E-state index in [4.69, 9.17) is 52.5 Å². The van der Waals surface area contributed by atoms with E-state index in [1.165, 1.54) is 0 Å². The number of carboxylic acid groups (broad SMARTS) is 1. The van der Waals surface area contributed by atoms with Crippen molar-refractivity contribution in [2.24, 2.45) is 0 Å². The lowest BCUT2D eigenvalue weighted by molar-refractivity contribution is -0.551. The van der Waals surface area contributed by atoms with Crippen LogP contribution in [0.25, 0.3) is 0 Å². The van der Waals surface area contributed by atoms with Gasteiger partial charge in [0.25, 0.3) is 0 Å². The Balaban J connectivity index is 6.63. The van der Waals surface area contributed by atoms with E-state index in [2.05, 4.69) is 13.8 Å². The molecule has 274 valence electrons. The maximum atomic E-state index is 13.1. The smallest absolute Gasteiger partial charge is 0.416 e. The van der Waals surface area contributed by atoms with Crippen LogP contribution in [-0.4, -0.2) is 101 Å².